The van der Waals surface area contributed by atoms with Gasteiger partial charge in [0.15, 0.2) is 0 Å². The van der Waals surface area contributed by atoms with E-state index in [1.165, 1.54) is 30.6 Å². The topological polar surface area (TPSA) is 37.8 Å². The summed E-state index contributed by atoms with van der Waals surface area (Å²) >= 11 is 5.73. The number of aromatic nitrogens is 2. The highest BCUT2D eigenvalue weighted by atomic mass is 35.5. The standard InChI is InChI=1S/C15H10ClF2N3/c16-12-5-9(1-3-13(12)18)7-19-15-11-6-10(17)2-4-14(11)20-8-21-15/h1-6,8H,7H2,(H,19,20,21). The van der Waals surface area contributed by atoms with Gasteiger partial charge in [-0.05, 0) is 35.9 Å². The SMILES string of the molecule is Fc1ccc2ncnc(NCc3ccc(F)c(Cl)c3)c2c1. The molecule has 0 aliphatic rings. The van der Waals surface area contributed by atoms with E-state index < -0.39 is 5.82 Å². The molecule has 1 heterocycles. The van der Waals surface area contributed by atoms with Crippen molar-refractivity contribution in [3.05, 3.63) is 64.9 Å². The van der Waals surface area contributed by atoms with Crippen molar-refractivity contribution >= 4 is 28.3 Å². The van der Waals surface area contributed by atoms with Gasteiger partial charge in [0.25, 0.3) is 0 Å². The van der Waals surface area contributed by atoms with E-state index in [9.17, 15) is 8.78 Å². The maximum atomic E-state index is 13.3. The van der Waals surface area contributed by atoms with Crippen LogP contribution in [-0.4, -0.2) is 9.97 Å². The Kier molecular flexibility index (Phi) is 3.66. The minimum atomic E-state index is -0.463. The number of fused-ring (bicyclic) bond motifs is 1. The Bertz CT molecular complexity index is 808. The van der Waals surface area contributed by atoms with Crippen molar-refractivity contribution in [3.8, 4) is 0 Å². The van der Waals surface area contributed by atoms with Crippen molar-refractivity contribution in [1.82, 2.24) is 9.97 Å². The molecule has 0 saturated carbocycles. The molecule has 3 aromatic rings. The number of anilines is 1. The maximum Gasteiger partial charge on any atom is 0.141 e. The van der Waals surface area contributed by atoms with Gasteiger partial charge in [-0.1, -0.05) is 17.7 Å². The van der Waals surface area contributed by atoms with Gasteiger partial charge >= 0.3 is 0 Å². The molecular formula is C15H10ClF2N3. The molecule has 0 atom stereocenters. The maximum absolute atomic E-state index is 13.3. The van der Waals surface area contributed by atoms with E-state index in [0.717, 1.165) is 5.56 Å². The third-order valence-electron chi connectivity index (χ3n) is 3.04. The fourth-order valence-electron chi connectivity index (χ4n) is 2.01. The normalized spacial score (nSPS) is 10.8. The average Bonchev–Trinajstić information content (AvgIpc) is 2.48. The molecule has 0 unspecified atom stereocenters. The lowest BCUT2D eigenvalue weighted by atomic mass is 10.2. The van der Waals surface area contributed by atoms with Gasteiger partial charge in [0.05, 0.1) is 10.5 Å². The summed E-state index contributed by atoms with van der Waals surface area (Å²) < 4.78 is 26.4. The summed E-state index contributed by atoms with van der Waals surface area (Å²) in [6.07, 6.45) is 1.40. The van der Waals surface area contributed by atoms with Crippen LogP contribution in [0, 0.1) is 11.6 Å². The van der Waals surface area contributed by atoms with Crippen molar-refractivity contribution < 1.29 is 8.78 Å². The first kappa shape index (κ1) is 13.7. The zero-order chi connectivity index (χ0) is 14.8. The van der Waals surface area contributed by atoms with Crippen LogP contribution in [0.4, 0.5) is 14.6 Å². The summed E-state index contributed by atoms with van der Waals surface area (Å²) in [4.78, 5) is 8.18. The quantitative estimate of drug-likeness (QED) is 0.789. The van der Waals surface area contributed by atoms with Gasteiger partial charge in [0.1, 0.15) is 23.8 Å². The van der Waals surface area contributed by atoms with E-state index in [0.29, 0.717) is 23.3 Å². The number of hydrogen-bond donors (Lipinski definition) is 1. The Hall–Kier alpha value is -2.27. The smallest absolute Gasteiger partial charge is 0.141 e. The van der Waals surface area contributed by atoms with Crippen LogP contribution in [0.5, 0.6) is 0 Å². The molecule has 1 aromatic heterocycles. The number of rotatable bonds is 3. The molecule has 0 radical (unpaired) electrons. The summed E-state index contributed by atoms with van der Waals surface area (Å²) in [5.41, 5.74) is 1.44. The molecular weight excluding hydrogens is 296 g/mol. The predicted molar refractivity (Wildman–Crippen MR) is 78.2 cm³/mol. The van der Waals surface area contributed by atoms with Crippen LogP contribution in [-0.2, 0) is 6.54 Å². The zero-order valence-electron chi connectivity index (χ0n) is 10.8. The van der Waals surface area contributed by atoms with Gasteiger partial charge in [-0.2, -0.15) is 0 Å². The summed E-state index contributed by atoms with van der Waals surface area (Å²) in [5, 5.41) is 3.73. The van der Waals surface area contributed by atoms with Gasteiger partial charge in [-0.15, -0.1) is 0 Å². The first-order valence-corrected chi connectivity index (χ1v) is 6.59. The lowest BCUT2D eigenvalue weighted by molar-refractivity contribution is 0.627. The highest BCUT2D eigenvalue weighted by Crippen LogP contribution is 2.21. The number of nitrogens with one attached hydrogen (secondary N) is 1. The fourth-order valence-corrected chi connectivity index (χ4v) is 2.21. The predicted octanol–water partition coefficient (Wildman–Crippen LogP) is 4.17. The molecule has 0 amide bonds. The summed E-state index contributed by atoms with van der Waals surface area (Å²) in [7, 11) is 0. The third-order valence-corrected chi connectivity index (χ3v) is 3.33. The second-order valence-corrected chi connectivity index (χ2v) is 4.89. The first-order valence-electron chi connectivity index (χ1n) is 6.21. The van der Waals surface area contributed by atoms with E-state index in [1.807, 2.05) is 0 Å². The van der Waals surface area contributed by atoms with Crippen LogP contribution in [0.2, 0.25) is 5.02 Å². The molecule has 21 heavy (non-hydrogen) atoms. The molecule has 0 saturated heterocycles. The number of hydrogen-bond acceptors (Lipinski definition) is 3. The summed E-state index contributed by atoms with van der Waals surface area (Å²) in [6, 6.07) is 8.77. The molecule has 3 rings (SSSR count). The Labute approximate surface area is 124 Å². The first-order chi connectivity index (χ1) is 10.1. The van der Waals surface area contributed by atoms with Gasteiger partial charge in [-0.3, -0.25) is 0 Å². The molecule has 0 spiro atoms. The van der Waals surface area contributed by atoms with Crippen LogP contribution < -0.4 is 5.32 Å². The molecule has 6 heteroatoms. The molecule has 106 valence electrons. The molecule has 0 fully saturated rings. The minimum Gasteiger partial charge on any atom is -0.365 e. The van der Waals surface area contributed by atoms with Crippen LogP contribution in [0.3, 0.4) is 0 Å². The second-order valence-electron chi connectivity index (χ2n) is 4.49. The number of halogens is 3. The molecule has 1 N–H and O–H groups in total. The molecule has 0 aliphatic carbocycles. The number of nitrogens with zero attached hydrogens (tertiary/aromatic N) is 2. The Balaban J connectivity index is 1.88. The summed E-state index contributed by atoms with van der Waals surface area (Å²) in [6.45, 7) is 0.391. The molecule has 0 bridgehead atoms. The van der Waals surface area contributed by atoms with E-state index in [4.69, 9.17) is 11.6 Å². The van der Waals surface area contributed by atoms with Crippen LogP contribution in [0.15, 0.2) is 42.7 Å². The Morgan fingerprint density at radius 3 is 2.71 bits per heavy atom. The van der Waals surface area contributed by atoms with Gasteiger partial charge in [0, 0.05) is 11.9 Å². The van der Waals surface area contributed by atoms with Crippen molar-refractivity contribution in [2.45, 2.75) is 6.54 Å². The minimum absolute atomic E-state index is 0.0629. The molecule has 0 aliphatic heterocycles. The highest BCUT2D eigenvalue weighted by molar-refractivity contribution is 6.30. The third kappa shape index (κ3) is 2.92. The zero-order valence-corrected chi connectivity index (χ0v) is 11.5. The Morgan fingerprint density at radius 1 is 1.05 bits per heavy atom. The van der Waals surface area contributed by atoms with E-state index >= 15 is 0 Å². The van der Waals surface area contributed by atoms with Gasteiger partial charge < -0.3 is 5.32 Å². The molecule has 2 aromatic carbocycles. The van der Waals surface area contributed by atoms with E-state index in [2.05, 4.69) is 15.3 Å². The number of benzene rings is 2. The lowest BCUT2D eigenvalue weighted by Crippen LogP contribution is -2.03. The Morgan fingerprint density at radius 2 is 1.90 bits per heavy atom. The van der Waals surface area contributed by atoms with Crippen molar-refractivity contribution in [2.75, 3.05) is 5.32 Å². The van der Waals surface area contributed by atoms with Crippen LogP contribution in [0.1, 0.15) is 5.56 Å². The largest absolute Gasteiger partial charge is 0.365 e. The molecule has 3 nitrogen and oxygen atoms in total. The van der Waals surface area contributed by atoms with E-state index in [1.54, 1.807) is 12.1 Å². The average molecular weight is 306 g/mol. The fraction of sp³-hybridized carbons (Fsp3) is 0.0667. The van der Waals surface area contributed by atoms with Gasteiger partial charge in [0.2, 0.25) is 0 Å². The highest BCUT2D eigenvalue weighted by Gasteiger charge is 2.06. The van der Waals surface area contributed by atoms with Crippen molar-refractivity contribution in [3.63, 3.8) is 0 Å². The van der Waals surface area contributed by atoms with Crippen molar-refractivity contribution in [1.29, 1.82) is 0 Å². The second kappa shape index (κ2) is 5.61. The summed E-state index contributed by atoms with van der Waals surface area (Å²) in [5.74, 6) is -0.305. The van der Waals surface area contributed by atoms with Crippen LogP contribution >= 0.6 is 11.6 Å². The van der Waals surface area contributed by atoms with Crippen molar-refractivity contribution in [2.24, 2.45) is 0 Å². The van der Waals surface area contributed by atoms with Crippen LogP contribution in [0.25, 0.3) is 10.9 Å². The van der Waals surface area contributed by atoms with E-state index in [-0.39, 0.29) is 10.8 Å². The van der Waals surface area contributed by atoms with Gasteiger partial charge in [-0.25, -0.2) is 18.7 Å². The monoisotopic (exact) mass is 305 g/mol. The lowest BCUT2D eigenvalue weighted by Gasteiger charge is -2.09.